The van der Waals surface area contributed by atoms with Gasteiger partial charge in [0.1, 0.15) is 0 Å². The topological polar surface area (TPSA) is 127 Å². The van der Waals surface area contributed by atoms with Gasteiger partial charge in [-0.15, -0.1) is 0 Å². The maximum absolute atomic E-state index is 12.5. The minimum absolute atomic E-state index is 0.0260. The smallest absolute Gasteiger partial charge is 0.318 e. The predicted octanol–water partition coefficient (Wildman–Crippen LogP) is -2.02. The van der Waals surface area contributed by atoms with Crippen molar-refractivity contribution in [1.82, 2.24) is 9.80 Å². The van der Waals surface area contributed by atoms with Crippen molar-refractivity contribution in [2.24, 2.45) is 5.73 Å². The van der Waals surface area contributed by atoms with E-state index in [9.17, 15) is 22.8 Å². The third kappa shape index (κ3) is 5.26. The number of amides is 3. The Morgan fingerprint density at radius 3 is 2.30 bits per heavy atom. The Morgan fingerprint density at radius 1 is 1.22 bits per heavy atom. The van der Waals surface area contributed by atoms with Crippen LogP contribution in [-0.2, 0) is 29.0 Å². The largest absolute Gasteiger partial charge is 0.383 e. The molecule has 1 heterocycles. The summed E-state index contributed by atoms with van der Waals surface area (Å²) in [6.07, 6.45) is 0.266. The number of imide groups is 1. The molecule has 3 amide bonds. The van der Waals surface area contributed by atoms with Gasteiger partial charge >= 0.3 is 11.8 Å². The van der Waals surface area contributed by atoms with E-state index in [1.807, 2.05) is 0 Å². The van der Waals surface area contributed by atoms with Crippen molar-refractivity contribution in [2.45, 2.75) is 19.4 Å². The van der Waals surface area contributed by atoms with E-state index >= 15 is 0 Å². The fourth-order valence-corrected chi connectivity index (χ4v) is 4.16. The van der Waals surface area contributed by atoms with E-state index in [-0.39, 0.29) is 44.2 Å². The molecule has 132 valence electrons. The zero-order valence-corrected chi connectivity index (χ0v) is 14.2. The van der Waals surface area contributed by atoms with Crippen LogP contribution in [0.25, 0.3) is 0 Å². The second kappa shape index (κ2) is 8.37. The average Bonchev–Trinajstić information content (AvgIpc) is 2.84. The molecule has 1 saturated heterocycles. The normalized spacial score (nSPS) is 19.3. The Balaban J connectivity index is 2.94. The first-order valence-corrected chi connectivity index (χ1v) is 9.08. The van der Waals surface area contributed by atoms with Crippen molar-refractivity contribution < 1.29 is 27.5 Å². The number of hydrogen-bond acceptors (Lipinski definition) is 7. The number of nitrogens with two attached hydrogens (primary N) is 1. The number of hydrogen-bond donors (Lipinski definition) is 1. The Kier molecular flexibility index (Phi) is 7.10. The third-order valence-corrected chi connectivity index (χ3v) is 5.36. The lowest BCUT2D eigenvalue weighted by Crippen LogP contribution is -2.52. The molecule has 0 aromatic carbocycles. The fourth-order valence-electron chi connectivity index (χ4n) is 2.43. The van der Waals surface area contributed by atoms with Gasteiger partial charge in [0.25, 0.3) is 0 Å². The summed E-state index contributed by atoms with van der Waals surface area (Å²) < 4.78 is 28.2. The number of rotatable bonds is 6. The first-order valence-electron chi connectivity index (χ1n) is 7.26. The van der Waals surface area contributed by atoms with Crippen LogP contribution in [0.4, 0.5) is 0 Å². The summed E-state index contributed by atoms with van der Waals surface area (Å²) in [5.41, 5.74) is 5.35. The van der Waals surface area contributed by atoms with E-state index in [4.69, 9.17) is 10.5 Å². The molecule has 0 aromatic rings. The van der Waals surface area contributed by atoms with Crippen LogP contribution in [0.5, 0.6) is 0 Å². The van der Waals surface area contributed by atoms with E-state index in [1.165, 1.54) is 18.9 Å². The second-order valence-electron chi connectivity index (χ2n) is 5.31. The highest BCUT2D eigenvalue weighted by Crippen LogP contribution is 2.18. The average molecular weight is 349 g/mol. The number of ether oxygens (including phenoxy) is 1. The number of carbonyl (C=O) groups excluding carboxylic acids is 3. The minimum atomic E-state index is -3.22. The van der Waals surface area contributed by atoms with Crippen LogP contribution in [0.2, 0.25) is 0 Å². The fraction of sp³-hybridized carbons (Fsp3) is 0.769. The molecule has 0 bridgehead atoms. The molecule has 1 unspecified atom stereocenters. The first-order chi connectivity index (χ1) is 10.7. The third-order valence-electron chi connectivity index (χ3n) is 3.61. The second-order valence-corrected chi connectivity index (χ2v) is 7.54. The first kappa shape index (κ1) is 19.5. The van der Waals surface area contributed by atoms with Gasteiger partial charge < -0.3 is 15.4 Å². The van der Waals surface area contributed by atoms with Crippen molar-refractivity contribution in [3.8, 4) is 0 Å². The maximum Gasteiger partial charge on any atom is 0.318 e. The monoisotopic (exact) mass is 349 g/mol. The molecule has 0 saturated carbocycles. The molecule has 0 radical (unpaired) electrons. The Morgan fingerprint density at radius 2 is 1.87 bits per heavy atom. The van der Waals surface area contributed by atoms with Crippen LogP contribution in [0.15, 0.2) is 0 Å². The van der Waals surface area contributed by atoms with Gasteiger partial charge in [-0.3, -0.25) is 19.3 Å². The Bertz CT molecular complexity index is 562. The molecule has 0 spiro atoms. The Hall–Kier alpha value is -1.52. The highest BCUT2D eigenvalue weighted by Gasteiger charge is 2.38. The van der Waals surface area contributed by atoms with Crippen LogP contribution in [0.1, 0.15) is 13.3 Å². The van der Waals surface area contributed by atoms with E-state index in [0.29, 0.717) is 0 Å². The van der Waals surface area contributed by atoms with Gasteiger partial charge in [-0.1, -0.05) is 0 Å². The molecular weight excluding hydrogens is 326 g/mol. The van der Waals surface area contributed by atoms with Crippen LogP contribution >= 0.6 is 0 Å². The number of carbonyl (C=O) groups is 3. The zero-order chi connectivity index (χ0) is 17.6. The van der Waals surface area contributed by atoms with Gasteiger partial charge in [-0.2, -0.15) is 0 Å². The van der Waals surface area contributed by atoms with E-state index < -0.39 is 33.6 Å². The van der Waals surface area contributed by atoms with Gasteiger partial charge in [-0.05, 0) is 6.42 Å². The molecule has 1 rings (SSSR count). The van der Waals surface area contributed by atoms with Crippen LogP contribution < -0.4 is 5.73 Å². The highest BCUT2D eigenvalue weighted by molar-refractivity contribution is 7.91. The molecule has 2 N–H and O–H groups in total. The van der Waals surface area contributed by atoms with E-state index in [1.54, 1.807) is 0 Å². The molecule has 1 aliphatic rings. The molecular formula is C13H23N3O6S. The van der Waals surface area contributed by atoms with Crippen LogP contribution in [-0.4, -0.2) is 86.8 Å². The van der Waals surface area contributed by atoms with Gasteiger partial charge in [0.05, 0.1) is 18.1 Å². The van der Waals surface area contributed by atoms with Crippen molar-refractivity contribution >= 4 is 27.6 Å². The van der Waals surface area contributed by atoms with Gasteiger partial charge in [0.2, 0.25) is 5.91 Å². The van der Waals surface area contributed by atoms with E-state index in [2.05, 4.69) is 0 Å². The maximum atomic E-state index is 12.5. The summed E-state index contributed by atoms with van der Waals surface area (Å²) in [6.45, 7) is 1.37. The summed E-state index contributed by atoms with van der Waals surface area (Å²) >= 11 is 0. The summed E-state index contributed by atoms with van der Waals surface area (Å²) in [6, 6.07) is -0.585. The van der Waals surface area contributed by atoms with Gasteiger partial charge in [0.15, 0.2) is 9.84 Å². The van der Waals surface area contributed by atoms with Crippen molar-refractivity contribution in [1.29, 1.82) is 0 Å². The predicted molar refractivity (Wildman–Crippen MR) is 82.1 cm³/mol. The zero-order valence-electron chi connectivity index (χ0n) is 13.4. The summed E-state index contributed by atoms with van der Waals surface area (Å²) in [5, 5.41) is 0. The molecule has 1 atom stereocenters. The number of methoxy groups -OCH3 is 1. The molecule has 0 aromatic heterocycles. The lowest BCUT2D eigenvalue weighted by Gasteiger charge is -2.29. The molecule has 1 fully saturated rings. The lowest BCUT2D eigenvalue weighted by molar-refractivity contribution is -0.157. The highest BCUT2D eigenvalue weighted by atomic mass is 32.2. The number of sulfone groups is 1. The van der Waals surface area contributed by atoms with E-state index in [0.717, 1.165) is 4.90 Å². The van der Waals surface area contributed by atoms with Gasteiger partial charge in [0, 0.05) is 39.7 Å². The minimum Gasteiger partial charge on any atom is -0.383 e. The van der Waals surface area contributed by atoms with Crippen molar-refractivity contribution in [2.75, 3.05) is 44.9 Å². The van der Waals surface area contributed by atoms with Gasteiger partial charge in [-0.25, -0.2) is 8.42 Å². The molecule has 9 nitrogen and oxygen atoms in total. The molecule has 23 heavy (non-hydrogen) atoms. The molecule has 0 aliphatic carbocycles. The summed E-state index contributed by atoms with van der Waals surface area (Å²) in [7, 11) is -1.78. The summed E-state index contributed by atoms with van der Waals surface area (Å²) in [4.78, 5) is 38.2. The SMILES string of the molecule is COCCN(C(=O)C(=O)N(CCN)C(C)=O)C1CCS(=O)(=O)C1. The lowest BCUT2D eigenvalue weighted by atomic mass is 10.2. The number of nitrogens with zero attached hydrogens (tertiary/aromatic N) is 2. The summed E-state index contributed by atoms with van der Waals surface area (Å²) in [5.74, 6) is -2.70. The van der Waals surface area contributed by atoms with Crippen molar-refractivity contribution in [3.05, 3.63) is 0 Å². The van der Waals surface area contributed by atoms with Crippen LogP contribution in [0.3, 0.4) is 0 Å². The van der Waals surface area contributed by atoms with Crippen molar-refractivity contribution in [3.63, 3.8) is 0 Å². The molecule has 1 aliphatic heterocycles. The molecule has 10 heteroatoms. The quantitative estimate of drug-likeness (QED) is 0.548. The Labute approximate surface area is 135 Å². The van der Waals surface area contributed by atoms with Crippen LogP contribution in [0, 0.1) is 0 Å². The standard InChI is InChI=1S/C13H23N3O6S/c1-10(17)15(5-4-14)12(18)13(19)16(6-7-22-2)11-3-8-23(20,21)9-11/h11H,3-9,14H2,1-2H3.